The molecule has 0 spiro atoms. The Morgan fingerprint density at radius 2 is 1.81 bits per heavy atom. The Bertz CT molecular complexity index is 735. The fourth-order valence-corrected chi connectivity index (χ4v) is 3.93. The van der Waals surface area contributed by atoms with Gasteiger partial charge in [0.1, 0.15) is 0 Å². The minimum absolute atomic E-state index is 0.0144. The van der Waals surface area contributed by atoms with E-state index in [1.807, 2.05) is 0 Å². The summed E-state index contributed by atoms with van der Waals surface area (Å²) in [7, 11) is -3.67. The van der Waals surface area contributed by atoms with E-state index < -0.39 is 21.7 Å². The van der Waals surface area contributed by atoms with E-state index in [0.29, 0.717) is 19.5 Å². The molecule has 0 aliphatic carbocycles. The maximum absolute atomic E-state index is 13.4. The number of sulfonamides is 1. The summed E-state index contributed by atoms with van der Waals surface area (Å²) in [6.45, 7) is 6.09. The highest BCUT2D eigenvalue weighted by Gasteiger charge is 2.22. The predicted octanol–water partition coefficient (Wildman–Crippen LogP) is 1.68. The van der Waals surface area contributed by atoms with Crippen molar-refractivity contribution >= 4 is 21.6 Å². The summed E-state index contributed by atoms with van der Waals surface area (Å²) in [5.41, 5.74) is 0.0513. The summed E-state index contributed by atoms with van der Waals surface area (Å²) in [6.07, 6.45) is 1.51. The summed E-state index contributed by atoms with van der Waals surface area (Å²) in [5, 5.41) is 0. The number of carbonyl (C=O) groups is 1. The molecular formula is C17H25F2N3O3S. The van der Waals surface area contributed by atoms with E-state index in [2.05, 4.69) is 11.8 Å². The largest absolute Gasteiger partial charge is 0.340 e. The van der Waals surface area contributed by atoms with Crippen molar-refractivity contribution in [3.63, 3.8) is 0 Å². The molecule has 1 amide bonds. The van der Waals surface area contributed by atoms with Gasteiger partial charge in [-0.1, -0.05) is 6.92 Å². The Morgan fingerprint density at radius 3 is 2.35 bits per heavy atom. The number of nitrogens with zero attached hydrogens (tertiary/aromatic N) is 3. The van der Waals surface area contributed by atoms with Crippen LogP contribution in [-0.4, -0.2) is 69.6 Å². The molecule has 0 saturated carbocycles. The quantitative estimate of drug-likeness (QED) is 0.712. The Hall–Kier alpha value is -1.74. The molecular weight excluding hydrogens is 364 g/mol. The lowest BCUT2D eigenvalue weighted by atomic mass is 10.2. The number of carbonyl (C=O) groups excluding carboxylic acids is 1. The van der Waals surface area contributed by atoms with Gasteiger partial charge in [0.05, 0.1) is 11.9 Å². The molecule has 1 saturated heterocycles. The summed E-state index contributed by atoms with van der Waals surface area (Å²) in [4.78, 5) is 16.3. The fraction of sp³-hybridized carbons (Fsp3) is 0.588. The fourth-order valence-electron chi connectivity index (χ4n) is 2.97. The van der Waals surface area contributed by atoms with Crippen LogP contribution in [0.15, 0.2) is 18.2 Å². The molecule has 146 valence electrons. The molecule has 0 unspecified atom stereocenters. The summed E-state index contributed by atoms with van der Waals surface area (Å²) in [5.74, 6) is -2.16. The highest BCUT2D eigenvalue weighted by atomic mass is 32.2. The van der Waals surface area contributed by atoms with Crippen LogP contribution in [-0.2, 0) is 14.8 Å². The van der Waals surface area contributed by atoms with E-state index in [9.17, 15) is 22.0 Å². The lowest BCUT2D eigenvalue weighted by molar-refractivity contribution is -0.132. The van der Waals surface area contributed by atoms with E-state index >= 15 is 0 Å². The van der Waals surface area contributed by atoms with Gasteiger partial charge in [-0.3, -0.25) is 9.10 Å². The smallest absolute Gasteiger partial charge is 0.232 e. The van der Waals surface area contributed by atoms with Crippen molar-refractivity contribution in [1.29, 1.82) is 0 Å². The molecule has 1 fully saturated rings. The molecule has 1 aromatic rings. The normalized spacial score (nSPS) is 15.9. The Balaban J connectivity index is 1.94. The number of anilines is 1. The zero-order valence-electron chi connectivity index (χ0n) is 15.1. The first kappa shape index (κ1) is 20.6. The van der Waals surface area contributed by atoms with Crippen LogP contribution in [0.25, 0.3) is 0 Å². The average molecular weight is 389 g/mol. The molecule has 9 heteroatoms. The summed E-state index contributed by atoms with van der Waals surface area (Å²) in [6, 6.07) is 2.95. The molecule has 0 aromatic heterocycles. The first-order chi connectivity index (χ1) is 12.2. The van der Waals surface area contributed by atoms with Crippen molar-refractivity contribution in [1.82, 2.24) is 9.80 Å². The van der Waals surface area contributed by atoms with Gasteiger partial charge in [-0.15, -0.1) is 0 Å². The van der Waals surface area contributed by atoms with E-state index in [-0.39, 0.29) is 24.6 Å². The van der Waals surface area contributed by atoms with Crippen LogP contribution in [0, 0.1) is 11.6 Å². The van der Waals surface area contributed by atoms with Gasteiger partial charge in [0.25, 0.3) is 0 Å². The van der Waals surface area contributed by atoms with Crippen molar-refractivity contribution < 1.29 is 22.0 Å². The minimum atomic E-state index is -3.67. The van der Waals surface area contributed by atoms with Crippen LogP contribution in [0.3, 0.4) is 0 Å². The van der Waals surface area contributed by atoms with E-state index in [1.165, 1.54) is 6.07 Å². The second-order valence-electron chi connectivity index (χ2n) is 6.35. The SMILES string of the molecule is CCN1CCN(C(=O)CCCN(c2ccc(F)c(F)c2)S(C)(=O)=O)CC1. The van der Waals surface area contributed by atoms with Crippen LogP contribution in [0.1, 0.15) is 19.8 Å². The zero-order valence-corrected chi connectivity index (χ0v) is 15.9. The molecule has 0 bridgehead atoms. The van der Waals surface area contributed by atoms with Crippen molar-refractivity contribution in [3.05, 3.63) is 29.8 Å². The Labute approximate surface area is 153 Å². The van der Waals surface area contributed by atoms with Gasteiger partial charge < -0.3 is 9.80 Å². The Morgan fingerprint density at radius 1 is 1.15 bits per heavy atom. The van der Waals surface area contributed by atoms with Gasteiger partial charge >= 0.3 is 0 Å². The highest BCUT2D eigenvalue weighted by Crippen LogP contribution is 2.21. The van der Waals surface area contributed by atoms with Crippen LogP contribution < -0.4 is 4.31 Å². The third-order valence-corrected chi connectivity index (χ3v) is 5.71. The number of benzene rings is 1. The number of halogens is 2. The second kappa shape index (κ2) is 8.77. The molecule has 1 heterocycles. The molecule has 1 aliphatic rings. The van der Waals surface area contributed by atoms with E-state index in [1.54, 1.807) is 4.90 Å². The standard InChI is InChI=1S/C17H25F2N3O3S/c1-3-20-9-11-21(12-10-20)17(23)5-4-8-22(26(2,24)25)14-6-7-15(18)16(19)13-14/h6-7,13H,3-5,8-12H2,1-2H3. The molecule has 26 heavy (non-hydrogen) atoms. The summed E-state index contributed by atoms with van der Waals surface area (Å²) < 4.78 is 51.5. The van der Waals surface area contributed by atoms with Crippen molar-refractivity contribution in [2.24, 2.45) is 0 Å². The van der Waals surface area contributed by atoms with Crippen LogP contribution in [0.5, 0.6) is 0 Å². The molecule has 6 nitrogen and oxygen atoms in total. The topological polar surface area (TPSA) is 60.9 Å². The molecule has 1 aromatic carbocycles. The Kier molecular flexibility index (Phi) is 6.94. The number of amides is 1. The van der Waals surface area contributed by atoms with Gasteiger partial charge in [0.2, 0.25) is 15.9 Å². The van der Waals surface area contributed by atoms with E-state index in [4.69, 9.17) is 0 Å². The number of rotatable bonds is 7. The maximum Gasteiger partial charge on any atom is 0.232 e. The third kappa shape index (κ3) is 5.38. The van der Waals surface area contributed by atoms with E-state index in [0.717, 1.165) is 42.3 Å². The monoisotopic (exact) mass is 389 g/mol. The maximum atomic E-state index is 13.4. The zero-order chi connectivity index (χ0) is 19.3. The van der Waals surface area contributed by atoms with Gasteiger partial charge in [0.15, 0.2) is 11.6 Å². The van der Waals surface area contributed by atoms with Gasteiger partial charge in [-0.05, 0) is 25.1 Å². The first-order valence-electron chi connectivity index (χ1n) is 8.65. The molecule has 0 N–H and O–H groups in total. The van der Waals surface area contributed by atoms with Gasteiger partial charge in [-0.25, -0.2) is 17.2 Å². The number of hydrogen-bond donors (Lipinski definition) is 0. The van der Waals surface area contributed by atoms with Crippen LogP contribution >= 0.6 is 0 Å². The minimum Gasteiger partial charge on any atom is -0.340 e. The second-order valence-corrected chi connectivity index (χ2v) is 8.26. The molecule has 0 radical (unpaired) electrons. The number of hydrogen-bond acceptors (Lipinski definition) is 4. The molecule has 0 atom stereocenters. The number of likely N-dealkylation sites (N-methyl/N-ethyl adjacent to an activating group) is 1. The van der Waals surface area contributed by atoms with Gasteiger partial charge in [-0.2, -0.15) is 0 Å². The predicted molar refractivity (Wildman–Crippen MR) is 96.5 cm³/mol. The van der Waals surface area contributed by atoms with Crippen LogP contribution in [0.4, 0.5) is 14.5 Å². The lowest BCUT2D eigenvalue weighted by Gasteiger charge is -2.34. The highest BCUT2D eigenvalue weighted by molar-refractivity contribution is 7.92. The van der Waals surface area contributed by atoms with Crippen molar-refractivity contribution in [2.45, 2.75) is 19.8 Å². The van der Waals surface area contributed by atoms with Crippen LogP contribution in [0.2, 0.25) is 0 Å². The average Bonchev–Trinajstić information content (AvgIpc) is 2.60. The van der Waals surface area contributed by atoms with Crippen molar-refractivity contribution in [3.8, 4) is 0 Å². The lowest BCUT2D eigenvalue weighted by Crippen LogP contribution is -2.48. The number of piperazine rings is 1. The summed E-state index contributed by atoms with van der Waals surface area (Å²) >= 11 is 0. The van der Waals surface area contributed by atoms with Crippen molar-refractivity contribution in [2.75, 3.05) is 49.8 Å². The molecule has 1 aliphatic heterocycles. The first-order valence-corrected chi connectivity index (χ1v) is 10.5. The van der Waals surface area contributed by atoms with Gasteiger partial charge in [0, 0.05) is 45.2 Å². The molecule has 2 rings (SSSR count). The third-order valence-electron chi connectivity index (χ3n) is 4.52.